The minimum absolute atomic E-state index is 0.0636. The Balaban J connectivity index is 2.51. The van der Waals surface area contributed by atoms with Gasteiger partial charge in [-0.15, -0.1) is 0 Å². The number of aliphatic carboxylic acids is 1. The number of aryl methyl sites for hydroxylation is 1. The lowest BCUT2D eigenvalue weighted by atomic mass is 10.2. The molecule has 0 saturated carbocycles. The zero-order valence-corrected chi connectivity index (χ0v) is 11.8. The third-order valence-corrected chi connectivity index (χ3v) is 3.65. The molecule has 112 valence electrons. The number of hydrogen-bond donors (Lipinski definition) is 1. The number of halogens is 3. The van der Waals surface area contributed by atoms with Gasteiger partial charge in [-0.25, -0.2) is 18.2 Å². The summed E-state index contributed by atoms with van der Waals surface area (Å²) >= 11 is 0.916. The summed E-state index contributed by atoms with van der Waals surface area (Å²) in [7, 11) is 0. The zero-order valence-electron chi connectivity index (χ0n) is 10.9. The first-order valence-corrected chi connectivity index (χ1v) is 6.98. The number of carbonyl (C=O) groups is 1. The van der Waals surface area contributed by atoms with Crippen LogP contribution in [0, 0.1) is 17.5 Å². The van der Waals surface area contributed by atoms with Crippen LogP contribution in [0.25, 0.3) is 5.69 Å². The second kappa shape index (κ2) is 6.21. The van der Waals surface area contributed by atoms with Crippen molar-refractivity contribution in [3.05, 3.63) is 41.5 Å². The molecule has 2 aromatic rings. The first-order chi connectivity index (χ1) is 9.93. The Labute approximate surface area is 122 Å². The molecular formula is C13H11F3N2O2S. The van der Waals surface area contributed by atoms with Crippen LogP contribution < -0.4 is 0 Å². The van der Waals surface area contributed by atoms with Crippen molar-refractivity contribution in [1.82, 2.24) is 9.55 Å². The smallest absolute Gasteiger partial charge is 0.313 e. The van der Waals surface area contributed by atoms with Crippen molar-refractivity contribution in [3.8, 4) is 5.69 Å². The van der Waals surface area contributed by atoms with Crippen LogP contribution in [0.4, 0.5) is 13.2 Å². The molecule has 2 rings (SSSR count). The maximum Gasteiger partial charge on any atom is 0.313 e. The maximum absolute atomic E-state index is 13.4. The summed E-state index contributed by atoms with van der Waals surface area (Å²) in [6.45, 7) is 1.81. The van der Waals surface area contributed by atoms with E-state index in [-0.39, 0.29) is 16.6 Å². The molecule has 0 saturated heterocycles. The van der Waals surface area contributed by atoms with Gasteiger partial charge in [0.1, 0.15) is 0 Å². The van der Waals surface area contributed by atoms with Crippen molar-refractivity contribution < 1.29 is 23.1 Å². The largest absolute Gasteiger partial charge is 0.481 e. The average Bonchev–Trinajstić information content (AvgIpc) is 2.84. The molecule has 8 heteroatoms. The Morgan fingerprint density at radius 3 is 2.48 bits per heavy atom. The normalized spacial score (nSPS) is 10.9. The Morgan fingerprint density at radius 2 is 1.95 bits per heavy atom. The van der Waals surface area contributed by atoms with Gasteiger partial charge in [0.15, 0.2) is 22.6 Å². The van der Waals surface area contributed by atoms with E-state index in [1.54, 1.807) is 0 Å². The van der Waals surface area contributed by atoms with Gasteiger partial charge in [0.05, 0.1) is 11.4 Å². The number of imidazole rings is 1. The fourth-order valence-electron chi connectivity index (χ4n) is 1.79. The molecule has 0 bridgehead atoms. The predicted octanol–water partition coefficient (Wildman–Crippen LogP) is 3.03. The highest BCUT2D eigenvalue weighted by Gasteiger charge is 2.17. The quantitative estimate of drug-likeness (QED) is 0.680. The summed E-state index contributed by atoms with van der Waals surface area (Å²) in [5, 5.41) is 8.97. The molecule has 21 heavy (non-hydrogen) atoms. The van der Waals surface area contributed by atoms with Crippen LogP contribution in [0.2, 0.25) is 0 Å². The standard InChI is InChI=1S/C13H11F3N2O2S/c1-2-7-5-17-13(21-6-11(19)20)18(7)8-3-9(14)12(16)10(15)4-8/h3-5H,2,6H2,1H3,(H,19,20). The topological polar surface area (TPSA) is 55.1 Å². The average molecular weight is 316 g/mol. The summed E-state index contributed by atoms with van der Waals surface area (Å²) in [6.07, 6.45) is 2.00. The fourth-order valence-corrected chi connectivity index (χ4v) is 2.52. The Bertz CT molecular complexity index is 665. The van der Waals surface area contributed by atoms with Crippen LogP contribution >= 0.6 is 11.8 Å². The molecular weight excluding hydrogens is 305 g/mol. The van der Waals surface area contributed by atoms with Gasteiger partial charge >= 0.3 is 5.97 Å². The lowest BCUT2D eigenvalue weighted by molar-refractivity contribution is -0.133. The van der Waals surface area contributed by atoms with E-state index in [1.807, 2.05) is 6.92 Å². The van der Waals surface area contributed by atoms with E-state index in [9.17, 15) is 18.0 Å². The van der Waals surface area contributed by atoms with Crippen molar-refractivity contribution >= 4 is 17.7 Å². The lowest BCUT2D eigenvalue weighted by Gasteiger charge is -2.11. The number of nitrogens with zero attached hydrogens (tertiary/aromatic N) is 2. The molecule has 4 nitrogen and oxygen atoms in total. The monoisotopic (exact) mass is 316 g/mol. The number of thioether (sulfide) groups is 1. The van der Waals surface area contributed by atoms with Gasteiger partial charge in [-0.1, -0.05) is 18.7 Å². The summed E-state index contributed by atoms with van der Waals surface area (Å²) in [4.78, 5) is 14.7. The second-order valence-corrected chi connectivity index (χ2v) is 5.07. The minimum atomic E-state index is -1.54. The first kappa shape index (κ1) is 15.4. The molecule has 0 radical (unpaired) electrons. The highest BCUT2D eigenvalue weighted by molar-refractivity contribution is 7.99. The van der Waals surface area contributed by atoms with Crippen molar-refractivity contribution in [3.63, 3.8) is 0 Å². The van der Waals surface area contributed by atoms with Crippen molar-refractivity contribution in [2.45, 2.75) is 18.5 Å². The molecule has 0 aliphatic rings. The van der Waals surface area contributed by atoms with E-state index in [0.717, 1.165) is 23.9 Å². The van der Waals surface area contributed by atoms with E-state index in [0.29, 0.717) is 12.1 Å². The van der Waals surface area contributed by atoms with Crippen LogP contribution in [0.15, 0.2) is 23.5 Å². The highest BCUT2D eigenvalue weighted by atomic mass is 32.2. The second-order valence-electron chi connectivity index (χ2n) is 4.13. The summed E-state index contributed by atoms with van der Waals surface area (Å²) in [5.41, 5.74) is 0.696. The number of hydrogen-bond acceptors (Lipinski definition) is 3. The van der Waals surface area contributed by atoms with Crippen molar-refractivity contribution in [2.75, 3.05) is 5.75 Å². The molecule has 1 heterocycles. The van der Waals surface area contributed by atoms with Gasteiger partial charge in [-0.3, -0.25) is 9.36 Å². The molecule has 0 unspecified atom stereocenters. The Morgan fingerprint density at radius 1 is 1.33 bits per heavy atom. The number of rotatable bonds is 5. The Kier molecular flexibility index (Phi) is 4.56. The van der Waals surface area contributed by atoms with Crippen molar-refractivity contribution in [1.29, 1.82) is 0 Å². The summed E-state index contributed by atoms with van der Waals surface area (Å²) < 4.78 is 41.2. The van der Waals surface area contributed by atoms with E-state index < -0.39 is 23.4 Å². The van der Waals surface area contributed by atoms with Gasteiger partial charge in [0, 0.05) is 24.0 Å². The number of benzene rings is 1. The molecule has 0 atom stereocenters. The van der Waals surface area contributed by atoms with E-state index in [4.69, 9.17) is 5.11 Å². The molecule has 1 N–H and O–H groups in total. The van der Waals surface area contributed by atoms with Crippen LogP contribution in [0.5, 0.6) is 0 Å². The highest BCUT2D eigenvalue weighted by Crippen LogP contribution is 2.26. The van der Waals surface area contributed by atoms with Gasteiger partial charge < -0.3 is 5.11 Å². The number of aromatic nitrogens is 2. The van der Waals surface area contributed by atoms with Crippen LogP contribution in [0.3, 0.4) is 0 Å². The molecule has 0 amide bonds. The van der Waals surface area contributed by atoms with Gasteiger partial charge in [-0.2, -0.15) is 0 Å². The van der Waals surface area contributed by atoms with Crippen LogP contribution in [-0.2, 0) is 11.2 Å². The van der Waals surface area contributed by atoms with Crippen LogP contribution in [0.1, 0.15) is 12.6 Å². The minimum Gasteiger partial charge on any atom is -0.481 e. The SMILES string of the molecule is CCc1cnc(SCC(=O)O)n1-c1cc(F)c(F)c(F)c1. The van der Waals surface area contributed by atoms with E-state index in [1.165, 1.54) is 10.8 Å². The predicted molar refractivity (Wildman–Crippen MR) is 71.2 cm³/mol. The van der Waals surface area contributed by atoms with Gasteiger partial charge in [0.2, 0.25) is 0 Å². The third kappa shape index (κ3) is 3.21. The molecule has 1 aromatic carbocycles. The van der Waals surface area contributed by atoms with Crippen LogP contribution in [-0.4, -0.2) is 26.4 Å². The van der Waals surface area contributed by atoms with Gasteiger partial charge in [0.25, 0.3) is 0 Å². The summed E-state index contributed by atoms with van der Waals surface area (Å²) in [6, 6.07) is 1.70. The Hall–Kier alpha value is -1.96. The number of carboxylic acids is 1. The molecule has 0 fully saturated rings. The lowest BCUT2D eigenvalue weighted by Crippen LogP contribution is -2.06. The van der Waals surface area contributed by atoms with E-state index in [2.05, 4.69) is 4.98 Å². The van der Waals surface area contributed by atoms with Crippen molar-refractivity contribution in [2.24, 2.45) is 0 Å². The molecule has 0 aliphatic heterocycles. The molecule has 0 aliphatic carbocycles. The fraction of sp³-hybridized carbons (Fsp3) is 0.231. The third-order valence-electron chi connectivity index (χ3n) is 2.72. The summed E-state index contributed by atoms with van der Waals surface area (Å²) in [5.74, 6) is -5.45. The first-order valence-electron chi connectivity index (χ1n) is 6.00. The zero-order chi connectivity index (χ0) is 15.6. The van der Waals surface area contributed by atoms with E-state index >= 15 is 0 Å². The molecule has 1 aromatic heterocycles. The molecule has 0 spiro atoms. The number of carboxylic acid groups (broad SMARTS) is 1. The maximum atomic E-state index is 13.4. The van der Waals surface area contributed by atoms with Gasteiger partial charge in [-0.05, 0) is 6.42 Å².